The third-order valence-corrected chi connectivity index (χ3v) is 6.74. The molecule has 2 amide bonds. The molecule has 0 N–H and O–H groups in total. The number of hydrogen-bond acceptors (Lipinski definition) is 8. The second-order valence-electron chi connectivity index (χ2n) is 7.97. The van der Waals surface area contributed by atoms with Gasteiger partial charge in [-0.25, -0.2) is 9.78 Å². The number of aromatic nitrogens is 3. The highest BCUT2D eigenvalue weighted by molar-refractivity contribution is 7.16. The number of rotatable bonds is 7. The fourth-order valence-corrected chi connectivity index (χ4v) is 4.82. The molecule has 176 valence electrons. The van der Waals surface area contributed by atoms with Crippen molar-refractivity contribution in [3.8, 4) is 0 Å². The standard InChI is InChI=1S/C25H20N4O5S/c1-2-20-27-29-21(30)13-16(26-25(29)35-20)14-34-24(33)19(12-15-8-4-3-5-9-15)28-22(31)17-10-6-7-11-18(17)23(28)32/h3-11,13,19H,2,12,14H2,1H3. The number of carbonyl (C=O) groups excluding carboxylic acids is 3. The van der Waals surface area contributed by atoms with E-state index >= 15 is 0 Å². The molecule has 1 aliphatic rings. The van der Waals surface area contributed by atoms with E-state index in [2.05, 4.69) is 10.1 Å². The summed E-state index contributed by atoms with van der Waals surface area (Å²) in [5, 5.41) is 4.96. The lowest BCUT2D eigenvalue weighted by Gasteiger charge is -2.24. The maximum atomic E-state index is 13.3. The van der Waals surface area contributed by atoms with Crippen molar-refractivity contribution in [3.63, 3.8) is 0 Å². The number of esters is 1. The molecular formula is C25H20N4O5S. The molecule has 35 heavy (non-hydrogen) atoms. The SMILES string of the molecule is CCc1nn2c(=O)cc(COC(=O)C(Cc3ccccc3)N3C(=O)c4ccccc4C3=O)nc2s1. The van der Waals surface area contributed by atoms with Gasteiger partial charge in [-0.1, -0.05) is 60.7 Å². The van der Waals surface area contributed by atoms with Gasteiger partial charge in [0.15, 0.2) is 0 Å². The molecule has 0 aliphatic carbocycles. The minimum atomic E-state index is -1.18. The lowest BCUT2D eigenvalue weighted by atomic mass is 10.0. The van der Waals surface area contributed by atoms with E-state index in [9.17, 15) is 19.2 Å². The summed E-state index contributed by atoms with van der Waals surface area (Å²) in [6, 6.07) is 15.6. The summed E-state index contributed by atoms with van der Waals surface area (Å²) >= 11 is 1.28. The molecule has 9 nitrogen and oxygen atoms in total. The molecule has 2 aromatic carbocycles. The zero-order valence-electron chi connectivity index (χ0n) is 18.7. The number of ether oxygens (including phenoxy) is 1. The zero-order valence-corrected chi connectivity index (χ0v) is 19.5. The van der Waals surface area contributed by atoms with Crippen LogP contribution in [0.5, 0.6) is 0 Å². The van der Waals surface area contributed by atoms with Crippen LogP contribution in [-0.2, 0) is 29.0 Å². The Morgan fingerprint density at radius 3 is 2.31 bits per heavy atom. The van der Waals surface area contributed by atoms with Gasteiger partial charge in [0.1, 0.15) is 17.7 Å². The molecule has 3 heterocycles. The van der Waals surface area contributed by atoms with Gasteiger partial charge in [0.05, 0.1) is 16.8 Å². The van der Waals surface area contributed by atoms with E-state index in [4.69, 9.17) is 4.74 Å². The van der Waals surface area contributed by atoms with Crippen molar-refractivity contribution in [2.75, 3.05) is 0 Å². The molecule has 0 saturated carbocycles. The Hall–Kier alpha value is -4.18. The maximum Gasteiger partial charge on any atom is 0.330 e. The van der Waals surface area contributed by atoms with E-state index in [1.807, 2.05) is 37.3 Å². The second-order valence-corrected chi connectivity index (χ2v) is 9.01. The third kappa shape index (κ3) is 4.24. The summed E-state index contributed by atoms with van der Waals surface area (Å²) in [4.78, 5) is 57.5. The monoisotopic (exact) mass is 488 g/mol. The molecule has 1 unspecified atom stereocenters. The summed E-state index contributed by atoms with van der Waals surface area (Å²) in [5.74, 6) is -1.85. The van der Waals surface area contributed by atoms with Gasteiger partial charge in [0.25, 0.3) is 17.4 Å². The Bertz CT molecular complexity index is 1480. The predicted octanol–water partition coefficient (Wildman–Crippen LogP) is 2.66. The predicted molar refractivity (Wildman–Crippen MR) is 127 cm³/mol. The van der Waals surface area contributed by atoms with Crippen molar-refractivity contribution < 1.29 is 19.1 Å². The Kier molecular flexibility index (Phi) is 5.96. The van der Waals surface area contributed by atoms with E-state index in [1.165, 1.54) is 21.9 Å². The van der Waals surface area contributed by atoms with Crippen LogP contribution in [0.4, 0.5) is 0 Å². The van der Waals surface area contributed by atoms with Gasteiger partial charge in [-0.15, -0.1) is 0 Å². The number of hydrogen-bond donors (Lipinski definition) is 0. The van der Waals surface area contributed by atoms with Gasteiger partial charge in [-0.05, 0) is 24.1 Å². The second kappa shape index (κ2) is 9.22. The number of fused-ring (bicyclic) bond motifs is 2. The quantitative estimate of drug-likeness (QED) is 0.290. The van der Waals surface area contributed by atoms with Crippen LogP contribution >= 0.6 is 11.3 Å². The van der Waals surface area contributed by atoms with Gasteiger partial charge in [0.2, 0.25) is 4.96 Å². The van der Waals surface area contributed by atoms with Crippen LogP contribution in [0.1, 0.15) is 43.9 Å². The minimum Gasteiger partial charge on any atom is -0.458 e. The lowest BCUT2D eigenvalue weighted by Crippen LogP contribution is -2.47. The van der Waals surface area contributed by atoms with Gasteiger partial charge in [-0.2, -0.15) is 9.61 Å². The minimum absolute atomic E-state index is 0.0922. The molecular weight excluding hydrogens is 468 g/mol. The van der Waals surface area contributed by atoms with E-state index in [0.29, 0.717) is 11.4 Å². The lowest BCUT2D eigenvalue weighted by molar-refractivity contribution is -0.149. The topological polar surface area (TPSA) is 111 Å². The molecule has 2 aromatic heterocycles. The number of amides is 2. The molecule has 1 aliphatic heterocycles. The van der Waals surface area contributed by atoms with Crippen molar-refractivity contribution in [2.45, 2.75) is 32.4 Å². The highest BCUT2D eigenvalue weighted by atomic mass is 32.1. The Labute approximate surface area is 203 Å². The highest BCUT2D eigenvalue weighted by Gasteiger charge is 2.43. The normalized spacial score (nSPS) is 13.8. The van der Waals surface area contributed by atoms with Crippen molar-refractivity contribution in [1.29, 1.82) is 0 Å². The molecule has 0 saturated heterocycles. The summed E-state index contributed by atoms with van der Waals surface area (Å²) in [6.45, 7) is 1.65. The van der Waals surface area contributed by atoms with Crippen LogP contribution in [0.15, 0.2) is 65.5 Å². The van der Waals surface area contributed by atoms with Crippen LogP contribution in [0.25, 0.3) is 4.96 Å². The molecule has 0 fully saturated rings. The third-order valence-electron chi connectivity index (χ3n) is 5.69. The first-order chi connectivity index (χ1) is 17.0. The Balaban J connectivity index is 1.42. The Morgan fingerprint density at radius 2 is 1.66 bits per heavy atom. The first-order valence-corrected chi connectivity index (χ1v) is 11.8. The van der Waals surface area contributed by atoms with Crippen molar-refractivity contribution in [1.82, 2.24) is 19.5 Å². The molecule has 1 atom stereocenters. The zero-order chi connectivity index (χ0) is 24.5. The van der Waals surface area contributed by atoms with Crippen LogP contribution in [0, 0.1) is 0 Å². The number of benzene rings is 2. The summed E-state index contributed by atoms with van der Waals surface area (Å²) in [5.41, 5.74) is 1.15. The van der Waals surface area contributed by atoms with Gasteiger partial charge >= 0.3 is 5.97 Å². The largest absolute Gasteiger partial charge is 0.458 e. The van der Waals surface area contributed by atoms with Crippen molar-refractivity contribution in [3.05, 3.63) is 98.4 Å². The summed E-state index contributed by atoms with van der Waals surface area (Å²) < 4.78 is 6.71. The van der Waals surface area contributed by atoms with E-state index in [0.717, 1.165) is 15.5 Å². The fraction of sp³-hybridized carbons (Fsp3) is 0.200. The Morgan fingerprint density at radius 1 is 1.00 bits per heavy atom. The first kappa shape index (κ1) is 22.6. The number of aryl methyl sites for hydroxylation is 1. The molecule has 10 heteroatoms. The molecule has 5 rings (SSSR count). The first-order valence-electron chi connectivity index (χ1n) is 11.0. The number of nitrogens with zero attached hydrogens (tertiary/aromatic N) is 4. The highest BCUT2D eigenvalue weighted by Crippen LogP contribution is 2.26. The van der Waals surface area contributed by atoms with Crippen LogP contribution < -0.4 is 5.56 Å². The smallest absolute Gasteiger partial charge is 0.330 e. The van der Waals surface area contributed by atoms with E-state index in [1.54, 1.807) is 24.3 Å². The van der Waals surface area contributed by atoms with Gasteiger partial charge in [0, 0.05) is 12.5 Å². The van der Waals surface area contributed by atoms with E-state index in [-0.39, 0.29) is 35.4 Å². The van der Waals surface area contributed by atoms with E-state index < -0.39 is 23.8 Å². The van der Waals surface area contributed by atoms with Gasteiger partial charge < -0.3 is 4.74 Å². The van der Waals surface area contributed by atoms with Crippen LogP contribution in [0.2, 0.25) is 0 Å². The number of carbonyl (C=O) groups is 3. The summed E-state index contributed by atoms with van der Waals surface area (Å²) in [6.07, 6.45) is 0.758. The van der Waals surface area contributed by atoms with Crippen LogP contribution in [0.3, 0.4) is 0 Å². The molecule has 4 aromatic rings. The van der Waals surface area contributed by atoms with Crippen LogP contribution in [-0.4, -0.2) is 43.3 Å². The van der Waals surface area contributed by atoms with Crippen molar-refractivity contribution >= 4 is 34.1 Å². The molecule has 0 radical (unpaired) electrons. The number of imide groups is 1. The molecule has 0 bridgehead atoms. The maximum absolute atomic E-state index is 13.3. The van der Waals surface area contributed by atoms with Crippen molar-refractivity contribution in [2.24, 2.45) is 0 Å². The molecule has 0 spiro atoms. The fourth-order valence-electron chi connectivity index (χ4n) is 3.96. The summed E-state index contributed by atoms with van der Waals surface area (Å²) in [7, 11) is 0. The average Bonchev–Trinajstić information content (AvgIpc) is 3.41. The van der Waals surface area contributed by atoms with Gasteiger partial charge in [-0.3, -0.25) is 19.3 Å². The average molecular weight is 489 g/mol.